The molecule has 1 aliphatic rings. The van der Waals surface area contributed by atoms with Gasteiger partial charge in [-0.1, -0.05) is 66.7 Å². The first-order valence-corrected chi connectivity index (χ1v) is 11.4. The van der Waals surface area contributed by atoms with Gasteiger partial charge in [0.1, 0.15) is 5.78 Å². The van der Waals surface area contributed by atoms with E-state index in [0.29, 0.717) is 28.2 Å². The van der Waals surface area contributed by atoms with Crippen LogP contribution in [0.15, 0.2) is 78.9 Å². The van der Waals surface area contributed by atoms with Crippen LogP contribution in [0.2, 0.25) is 0 Å². The zero-order chi connectivity index (χ0) is 25.2. The predicted molar refractivity (Wildman–Crippen MR) is 131 cm³/mol. The monoisotopic (exact) mass is 472 g/mol. The Kier molecular flexibility index (Phi) is 6.85. The van der Waals surface area contributed by atoms with Gasteiger partial charge in [0.2, 0.25) is 0 Å². The van der Waals surface area contributed by atoms with E-state index in [0.717, 1.165) is 0 Å². The molecule has 1 saturated carbocycles. The minimum Gasteiger partial charge on any atom is -0.493 e. The number of Topliss-reactive ketones (excluding diaryl/α,β-unsaturated/α-hetero) is 3. The van der Waals surface area contributed by atoms with E-state index in [9.17, 15) is 19.5 Å². The van der Waals surface area contributed by atoms with Crippen LogP contribution in [0.25, 0.3) is 0 Å². The quantitative estimate of drug-likeness (QED) is 0.402. The van der Waals surface area contributed by atoms with Crippen LogP contribution < -0.4 is 9.47 Å². The second-order valence-electron chi connectivity index (χ2n) is 9.06. The molecule has 0 aromatic heterocycles. The third-order valence-electron chi connectivity index (χ3n) is 6.74. The molecule has 0 bridgehead atoms. The summed E-state index contributed by atoms with van der Waals surface area (Å²) in [7, 11) is 3.00. The second-order valence-corrected chi connectivity index (χ2v) is 9.06. The topological polar surface area (TPSA) is 89.9 Å². The van der Waals surface area contributed by atoms with Gasteiger partial charge in [-0.05, 0) is 24.6 Å². The van der Waals surface area contributed by atoms with E-state index < -0.39 is 29.1 Å². The number of hydrogen-bond acceptors (Lipinski definition) is 6. The van der Waals surface area contributed by atoms with Gasteiger partial charge < -0.3 is 14.6 Å². The Hall–Kier alpha value is -3.77. The molecular weight excluding hydrogens is 444 g/mol. The fraction of sp³-hybridized carbons (Fsp3) is 0.276. The summed E-state index contributed by atoms with van der Waals surface area (Å²) in [5.41, 5.74) is -0.332. The molecule has 0 spiro atoms. The van der Waals surface area contributed by atoms with Gasteiger partial charge in [0, 0.05) is 23.5 Å². The summed E-state index contributed by atoms with van der Waals surface area (Å²) in [6, 6.07) is 22.3. The van der Waals surface area contributed by atoms with Crippen molar-refractivity contribution in [1.29, 1.82) is 0 Å². The van der Waals surface area contributed by atoms with E-state index in [1.54, 1.807) is 78.9 Å². The molecule has 4 atom stereocenters. The van der Waals surface area contributed by atoms with Crippen molar-refractivity contribution >= 4 is 17.3 Å². The maximum absolute atomic E-state index is 13.8. The Morgan fingerprint density at radius 1 is 0.829 bits per heavy atom. The molecule has 1 N–H and O–H groups in total. The summed E-state index contributed by atoms with van der Waals surface area (Å²) in [5.74, 6) is -3.33. The van der Waals surface area contributed by atoms with Gasteiger partial charge in [-0.25, -0.2) is 0 Å². The fourth-order valence-corrected chi connectivity index (χ4v) is 5.12. The summed E-state index contributed by atoms with van der Waals surface area (Å²) in [5, 5.41) is 11.5. The molecule has 0 heterocycles. The van der Waals surface area contributed by atoms with E-state index in [-0.39, 0.29) is 18.0 Å². The summed E-state index contributed by atoms with van der Waals surface area (Å²) < 4.78 is 10.8. The predicted octanol–water partition coefficient (Wildman–Crippen LogP) is 4.51. The van der Waals surface area contributed by atoms with E-state index in [4.69, 9.17) is 9.47 Å². The van der Waals surface area contributed by atoms with Crippen molar-refractivity contribution in [3.63, 3.8) is 0 Å². The zero-order valence-corrected chi connectivity index (χ0v) is 19.9. The Bertz CT molecular complexity index is 1230. The lowest BCUT2D eigenvalue weighted by Crippen LogP contribution is -2.54. The molecule has 6 nitrogen and oxygen atoms in total. The van der Waals surface area contributed by atoms with Gasteiger partial charge in [0.15, 0.2) is 23.1 Å². The highest BCUT2D eigenvalue weighted by Gasteiger charge is 2.55. The van der Waals surface area contributed by atoms with Crippen molar-refractivity contribution < 1.29 is 29.0 Å². The molecule has 1 fully saturated rings. The van der Waals surface area contributed by atoms with Crippen LogP contribution >= 0.6 is 0 Å². The van der Waals surface area contributed by atoms with E-state index in [1.807, 2.05) is 0 Å². The van der Waals surface area contributed by atoms with Crippen molar-refractivity contribution in [3.05, 3.63) is 95.6 Å². The first-order chi connectivity index (χ1) is 16.8. The highest BCUT2D eigenvalue weighted by atomic mass is 16.5. The third-order valence-corrected chi connectivity index (χ3v) is 6.74. The van der Waals surface area contributed by atoms with Crippen LogP contribution in [0.4, 0.5) is 0 Å². The van der Waals surface area contributed by atoms with Crippen LogP contribution in [0.5, 0.6) is 11.5 Å². The Morgan fingerprint density at radius 2 is 1.37 bits per heavy atom. The maximum atomic E-state index is 13.8. The average molecular weight is 473 g/mol. The Balaban J connectivity index is 1.92. The SMILES string of the molecule is COc1ccc(C2C(C(=O)c3ccccc3)C(=O)CC(C)(O)C2C(=O)c2ccccc2)cc1OC. The van der Waals surface area contributed by atoms with Crippen LogP contribution in [-0.2, 0) is 4.79 Å². The molecule has 0 radical (unpaired) electrons. The van der Waals surface area contributed by atoms with Gasteiger partial charge in [-0.15, -0.1) is 0 Å². The lowest BCUT2D eigenvalue weighted by Gasteiger charge is -2.45. The lowest BCUT2D eigenvalue weighted by molar-refractivity contribution is -0.134. The van der Waals surface area contributed by atoms with Crippen LogP contribution in [0.3, 0.4) is 0 Å². The molecule has 180 valence electrons. The minimum atomic E-state index is -1.66. The van der Waals surface area contributed by atoms with Gasteiger partial charge in [0.05, 0.1) is 31.7 Å². The molecule has 4 rings (SSSR count). The molecule has 6 heteroatoms. The molecule has 3 aromatic rings. The zero-order valence-electron chi connectivity index (χ0n) is 19.9. The molecule has 35 heavy (non-hydrogen) atoms. The molecule has 1 aliphatic carbocycles. The van der Waals surface area contributed by atoms with Crippen molar-refractivity contribution in [1.82, 2.24) is 0 Å². The van der Waals surface area contributed by atoms with Crippen molar-refractivity contribution in [2.75, 3.05) is 14.2 Å². The molecular formula is C29H28O6. The van der Waals surface area contributed by atoms with E-state index in [1.165, 1.54) is 21.1 Å². The number of hydrogen-bond donors (Lipinski definition) is 1. The maximum Gasteiger partial charge on any atom is 0.173 e. The number of benzene rings is 3. The van der Waals surface area contributed by atoms with Crippen LogP contribution in [0.1, 0.15) is 45.5 Å². The van der Waals surface area contributed by atoms with Gasteiger partial charge in [0.25, 0.3) is 0 Å². The normalized spacial score (nSPS) is 24.0. The summed E-state index contributed by atoms with van der Waals surface area (Å²) in [4.78, 5) is 41.0. The van der Waals surface area contributed by atoms with Crippen LogP contribution in [0, 0.1) is 11.8 Å². The highest BCUT2D eigenvalue weighted by Crippen LogP contribution is 2.49. The van der Waals surface area contributed by atoms with Crippen molar-refractivity contribution in [3.8, 4) is 11.5 Å². The summed E-state index contributed by atoms with van der Waals surface area (Å²) >= 11 is 0. The first-order valence-electron chi connectivity index (χ1n) is 11.4. The number of methoxy groups -OCH3 is 2. The molecule has 0 saturated heterocycles. The minimum absolute atomic E-state index is 0.302. The van der Waals surface area contributed by atoms with Crippen molar-refractivity contribution in [2.24, 2.45) is 11.8 Å². The molecule has 3 aromatic carbocycles. The van der Waals surface area contributed by atoms with Crippen LogP contribution in [-0.4, -0.2) is 42.3 Å². The number of aliphatic hydroxyl groups is 1. The van der Waals surface area contributed by atoms with Gasteiger partial charge in [-0.3, -0.25) is 14.4 Å². The standard InChI is InChI=1S/C29H28O6/c1-29(33)17-21(30)25(27(31)18-10-6-4-7-11-18)24(20-14-15-22(34-2)23(16-20)35-3)26(29)28(32)19-12-8-5-9-13-19/h4-16,24-26,33H,17H2,1-3H3. The summed E-state index contributed by atoms with van der Waals surface area (Å²) in [6.07, 6.45) is -0.302. The fourth-order valence-electron chi connectivity index (χ4n) is 5.12. The molecule has 0 aliphatic heterocycles. The number of ketones is 3. The number of carbonyl (C=O) groups excluding carboxylic acids is 3. The van der Waals surface area contributed by atoms with Crippen molar-refractivity contribution in [2.45, 2.75) is 24.9 Å². The third kappa shape index (κ3) is 4.62. The highest BCUT2D eigenvalue weighted by molar-refractivity contribution is 6.13. The first kappa shape index (κ1) is 24.4. The molecule has 0 amide bonds. The Morgan fingerprint density at radius 3 is 1.91 bits per heavy atom. The van der Waals surface area contributed by atoms with E-state index in [2.05, 4.69) is 0 Å². The molecule has 4 unspecified atom stereocenters. The summed E-state index contributed by atoms with van der Waals surface area (Å²) in [6.45, 7) is 1.49. The van der Waals surface area contributed by atoms with E-state index >= 15 is 0 Å². The smallest absolute Gasteiger partial charge is 0.173 e. The second kappa shape index (κ2) is 9.84. The number of rotatable bonds is 7. The van der Waals surface area contributed by atoms with Gasteiger partial charge >= 0.3 is 0 Å². The number of carbonyl (C=O) groups is 3. The number of ether oxygens (including phenoxy) is 2. The lowest BCUT2D eigenvalue weighted by atomic mass is 9.58. The Labute approximate surface area is 204 Å². The van der Waals surface area contributed by atoms with Gasteiger partial charge in [-0.2, -0.15) is 0 Å². The average Bonchev–Trinajstić information content (AvgIpc) is 2.87. The largest absolute Gasteiger partial charge is 0.493 e.